The standard InChI is InChI=1S/C15H14O3.C12H26O3S/c16-11-15(18,13-9-5-2-6-10-13)14(17)12-7-3-1-4-8-12;1-2-3-4-5-6-7-8-9-10-11-12-16(13,14)15/h1-10,16,18H,11H2;2-12H2,1H3,(H,13,14,15). The molecule has 1 atom stereocenters. The third kappa shape index (κ3) is 11.9. The van der Waals surface area contributed by atoms with Crippen LogP contribution in [0.3, 0.4) is 0 Å². The van der Waals surface area contributed by atoms with E-state index < -0.39 is 28.1 Å². The maximum atomic E-state index is 12.3. The second-order valence-corrected chi connectivity index (χ2v) is 10.1. The van der Waals surface area contributed by atoms with Crippen LogP contribution in [0.15, 0.2) is 60.7 Å². The zero-order valence-electron chi connectivity index (χ0n) is 20.2. The molecule has 6 nitrogen and oxygen atoms in total. The topological polar surface area (TPSA) is 112 Å². The number of Topliss-reactive ketones (excluding diaryl/α,β-unsaturated/α-hetero) is 1. The molecule has 0 aliphatic heterocycles. The predicted molar refractivity (Wildman–Crippen MR) is 136 cm³/mol. The molecule has 2 rings (SSSR count). The van der Waals surface area contributed by atoms with E-state index in [1.165, 1.54) is 44.9 Å². The molecule has 0 amide bonds. The van der Waals surface area contributed by atoms with Gasteiger partial charge in [0.1, 0.15) is 0 Å². The van der Waals surface area contributed by atoms with E-state index in [0.29, 0.717) is 17.5 Å². The minimum atomic E-state index is -3.73. The fraction of sp³-hybridized carbons (Fsp3) is 0.519. The number of aliphatic hydroxyl groups is 2. The van der Waals surface area contributed by atoms with E-state index in [2.05, 4.69) is 6.92 Å². The molecule has 0 aliphatic rings. The van der Waals surface area contributed by atoms with Crippen LogP contribution in [-0.2, 0) is 15.7 Å². The molecule has 190 valence electrons. The first-order valence-corrected chi connectivity index (χ1v) is 13.8. The number of benzene rings is 2. The quantitative estimate of drug-likeness (QED) is 0.171. The Morgan fingerprint density at radius 1 is 0.765 bits per heavy atom. The molecule has 0 saturated carbocycles. The largest absolute Gasteiger partial charge is 0.393 e. The summed E-state index contributed by atoms with van der Waals surface area (Å²) < 4.78 is 29.4. The second-order valence-electron chi connectivity index (χ2n) is 8.55. The summed E-state index contributed by atoms with van der Waals surface area (Å²) in [5, 5.41) is 19.8. The Balaban J connectivity index is 0.000000344. The van der Waals surface area contributed by atoms with Crippen molar-refractivity contribution in [2.75, 3.05) is 12.4 Å². The van der Waals surface area contributed by atoms with Gasteiger partial charge in [-0.05, 0) is 12.0 Å². The van der Waals surface area contributed by atoms with E-state index in [1.54, 1.807) is 60.7 Å². The van der Waals surface area contributed by atoms with Gasteiger partial charge in [0, 0.05) is 5.56 Å². The zero-order chi connectivity index (χ0) is 25.3. The Labute approximate surface area is 204 Å². The minimum Gasteiger partial charge on any atom is -0.393 e. The van der Waals surface area contributed by atoms with Gasteiger partial charge in [0.2, 0.25) is 5.78 Å². The first-order valence-electron chi connectivity index (χ1n) is 12.2. The first-order chi connectivity index (χ1) is 16.2. The monoisotopic (exact) mass is 492 g/mol. The van der Waals surface area contributed by atoms with E-state index in [-0.39, 0.29) is 5.75 Å². The summed E-state index contributed by atoms with van der Waals surface area (Å²) in [7, 11) is -3.73. The van der Waals surface area contributed by atoms with Crippen LogP contribution in [0.4, 0.5) is 0 Å². The van der Waals surface area contributed by atoms with Gasteiger partial charge in [0.15, 0.2) is 5.60 Å². The van der Waals surface area contributed by atoms with Crippen molar-refractivity contribution in [1.82, 2.24) is 0 Å². The lowest BCUT2D eigenvalue weighted by Crippen LogP contribution is -2.39. The Morgan fingerprint density at radius 3 is 1.65 bits per heavy atom. The van der Waals surface area contributed by atoms with Crippen LogP contribution in [0, 0.1) is 0 Å². The van der Waals surface area contributed by atoms with Crippen molar-refractivity contribution in [3.63, 3.8) is 0 Å². The Morgan fingerprint density at radius 2 is 1.21 bits per heavy atom. The number of unbranched alkanes of at least 4 members (excludes halogenated alkanes) is 9. The van der Waals surface area contributed by atoms with Crippen LogP contribution < -0.4 is 0 Å². The minimum absolute atomic E-state index is 0.0799. The number of carbonyl (C=O) groups excluding carboxylic acids is 1. The van der Waals surface area contributed by atoms with Crippen molar-refractivity contribution in [3.05, 3.63) is 71.8 Å². The molecule has 0 radical (unpaired) electrons. The summed E-state index contributed by atoms with van der Waals surface area (Å²) in [5.41, 5.74) is -1.12. The van der Waals surface area contributed by atoms with Crippen molar-refractivity contribution >= 4 is 15.9 Å². The van der Waals surface area contributed by atoms with Crippen LogP contribution in [0.2, 0.25) is 0 Å². The van der Waals surface area contributed by atoms with E-state index in [9.17, 15) is 23.4 Å². The average Bonchev–Trinajstić information content (AvgIpc) is 2.85. The Kier molecular flexibility index (Phi) is 14.6. The molecule has 0 aliphatic carbocycles. The van der Waals surface area contributed by atoms with E-state index in [4.69, 9.17) is 4.55 Å². The van der Waals surface area contributed by atoms with Gasteiger partial charge in [-0.2, -0.15) is 8.42 Å². The molecule has 0 aromatic heterocycles. The van der Waals surface area contributed by atoms with Crippen LogP contribution in [-0.4, -0.2) is 41.3 Å². The van der Waals surface area contributed by atoms with Crippen molar-refractivity contribution in [1.29, 1.82) is 0 Å². The van der Waals surface area contributed by atoms with E-state index >= 15 is 0 Å². The van der Waals surface area contributed by atoms with Crippen LogP contribution in [0.1, 0.15) is 87.1 Å². The van der Waals surface area contributed by atoms with E-state index in [1.807, 2.05) is 0 Å². The second kappa shape index (κ2) is 16.5. The number of rotatable bonds is 15. The lowest BCUT2D eigenvalue weighted by atomic mass is 9.87. The van der Waals surface area contributed by atoms with Crippen LogP contribution in [0.5, 0.6) is 0 Å². The maximum Gasteiger partial charge on any atom is 0.264 e. The third-order valence-electron chi connectivity index (χ3n) is 5.65. The van der Waals surface area contributed by atoms with E-state index in [0.717, 1.165) is 12.8 Å². The Hall–Kier alpha value is -2.06. The third-order valence-corrected chi connectivity index (χ3v) is 6.45. The highest BCUT2D eigenvalue weighted by Crippen LogP contribution is 2.25. The van der Waals surface area contributed by atoms with Gasteiger partial charge in [-0.25, -0.2) is 0 Å². The van der Waals surface area contributed by atoms with Crippen molar-refractivity contribution in [3.8, 4) is 0 Å². The molecule has 34 heavy (non-hydrogen) atoms. The van der Waals surface area contributed by atoms with Crippen molar-refractivity contribution < 1.29 is 28.0 Å². The summed E-state index contributed by atoms with van der Waals surface area (Å²) in [5.74, 6) is -0.583. The summed E-state index contributed by atoms with van der Waals surface area (Å²) >= 11 is 0. The molecule has 2 aromatic rings. The maximum absolute atomic E-state index is 12.3. The van der Waals surface area contributed by atoms with Crippen molar-refractivity contribution in [2.45, 2.75) is 76.7 Å². The fourth-order valence-electron chi connectivity index (χ4n) is 3.61. The molecule has 3 N–H and O–H groups in total. The van der Waals surface area contributed by atoms with Gasteiger partial charge in [-0.3, -0.25) is 9.35 Å². The summed E-state index contributed by atoms with van der Waals surface area (Å²) in [6.45, 7) is 1.57. The van der Waals surface area contributed by atoms with Crippen LogP contribution >= 0.6 is 0 Å². The number of carbonyl (C=O) groups is 1. The highest BCUT2D eigenvalue weighted by Gasteiger charge is 2.37. The first kappa shape index (κ1) is 30.0. The summed E-state index contributed by atoms with van der Waals surface area (Å²) in [4.78, 5) is 12.3. The molecule has 2 aromatic carbocycles. The molecule has 1 unspecified atom stereocenters. The van der Waals surface area contributed by atoms with Crippen molar-refractivity contribution in [2.24, 2.45) is 0 Å². The highest BCUT2D eigenvalue weighted by molar-refractivity contribution is 7.85. The van der Waals surface area contributed by atoms with Crippen LogP contribution in [0.25, 0.3) is 0 Å². The summed E-state index contributed by atoms with van der Waals surface area (Å²) in [6.07, 6.45) is 11.7. The molecular weight excluding hydrogens is 452 g/mol. The summed E-state index contributed by atoms with van der Waals surface area (Å²) in [6, 6.07) is 16.9. The molecule has 0 fully saturated rings. The lowest BCUT2D eigenvalue weighted by molar-refractivity contribution is -0.00399. The number of ketones is 1. The van der Waals surface area contributed by atoms with Gasteiger partial charge in [-0.15, -0.1) is 0 Å². The van der Waals surface area contributed by atoms with Gasteiger partial charge < -0.3 is 10.2 Å². The predicted octanol–water partition coefficient (Wildman–Crippen LogP) is 5.54. The lowest BCUT2D eigenvalue weighted by Gasteiger charge is -2.24. The smallest absolute Gasteiger partial charge is 0.264 e. The molecule has 0 bridgehead atoms. The zero-order valence-corrected chi connectivity index (χ0v) is 21.0. The normalized spacial score (nSPS) is 12.9. The van der Waals surface area contributed by atoms with Gasteiger partial charge in [0.25, 0.3) is 10.1 Å². The van der Waals surface area contributed by atoms with Gasteiger partial charge in [-0.1, -0.05) is 125 Å². The molecule has 0 saturated heterocycles. The number of aliphatic hydroxyl groups excluding tert-OH is 1. The number of hydrogen-bond acceptors (Lipinski definition) is 5. The molecule has 7 heteroatoms. The molecule has 0 spiro atoms. The fourth-order valence-corrected chi connectivity index (χ4v) is 4.18. The van der Waals surface area contributed by atoms with Gasteiger partial charge >= 0.3 is 0 Å². The SMILES string of the molecule is CCCCCCCCCCCCS(=O)(=O)O.O=C(c1ccccc1)C(O)(CO)c1ccccc1. The Bertz CT molecular complexity index is 899. The highest BCUT2D eigenvalue weighted by atomic mass is 32.2. The molecule has 0 heterocycles. The number of hydrogen-bond donors (Lipinski definition) is 3. The average molecular weight is 493 g/mol. The molecular formula is C27H40O6S. The van der Waals surface area contributed by atoms with Gasteiger partial charge in [0.05, 0.1) is 12.4 Å².